The average molecular weight is 550 g/mol. The molecule has 10 heteroatoms. The molecule has 0 spiro atoms. The summed E-state index contributed by atoms with van der Waals surface area (Å²) in [5.41, 5.74) is 2.88. The number of nitrogens with zero attached hydrogens (tertiary/aromatic N) is 3. The molecule has 4 rings (SSSR count). The normalized spacial score (nSPS) is 13.1. The largest absolute Gasteiger partial charge is 0.493 e. The van der Waals surface area contributed by atoms with Gasteiger partial charge in [-0.15, -0.1) is 0 Å². The number of anilines is 1. The molecule has 3 aromatic carbocycles. The van der Waals surface area contributed by atoms with Crippen molar-refractivity contribution in [3.63, 3.8) is 0 Å². The zero-order valence-corrected chi connectivity index (χ0v) is 23.3. The van der Waals surface area contributed by atoms with E-state index in [2.05, 4.69) is 17.0 Å². The highest BCUT2D eigenvalue weighted by molar-refractivity contribution is 6.08. The molecule has 3 aromatic rings. The zero-order chi connectivity index (χ0) is 28.6. The van der Waals surface area contributed by atoms with Crippen LogP contribution in [0.2, 0.25) is 0 Å². The fraction of sp³-hybridized carbons (Fsp3) is 0.367. The number of hydrogen-bond acceptors (Lipinski definition) is 8. The number of methoxy groups -OCH3 is 4. The number of hydrogen-bond donors (Lipinski definition) is 0. The third kappa shape index (κ3) is 6.28. The van der Waals surface area contributed by atoms with E-state index in [1.54, 1.807) is 56.6 Å². The number of para-hydroxylation sites is 1. The van der Waals surface area contributed by atoms with E-state index >= 15 is 0 Å². The summed E-state index contributed by atoms with van der Waals surface area (Å²) >= 11 is 0. The van der Waals surface area contributed by atoms with Crippen molar-refractivity contribution in [2.45, 2.75) is 19.3 Å². The third-order valence-electron chi connectivity index (χ3n) is 7.21. The van der Waals surface area contributed by atoms with Crippen LogP contribution in [0.15, 0.2) is 54.6 Å². The Hall–Kier alpha value is -4.31. The first-order valence-electron chi connectivity index (χ1n) is 13.1. The van der Waals surface area contributed by atoms with Crippen molar-refractivity contribution in [1.29, 1.82) is 0 Å². The maximum Gasteiger partial charge on any atom is 0.282 e. The Morgan fingerprint density at radius 3 is 2.00 bits per heavy atom. The number of ether oxygens (including phenoxy) is 4. The van der Waals surface area contributed by atoms with Crippen molar-refractivity contribution < 1.29 is 28.7 Å². The Labute approximate surface area is 234 Å². The molecule has 0 aromatic heterocycles. The predicted octanol–water partition coefficient (Wildman–Crippen LogP) is 4.77. The van der Waals surface area contributed by atoms with Gasteiger partial charge in [-0.2, -0.15) is 0 Å². The van der Waals surface area contributed by atoms with E-state index in [4.69, 9.17) is 18.9 Å². The molecule has 0 bridgehead atoms. The van der Waals surface area contributed by atoms with Gasteiger partial charge in [-0.25, -0.2) is 0 Å². The minimum absolute atomic E-state index is 0.0374. The maximum absolute atomic E-state index is 13.7. The van der Waals surface area contributed by atoms with Crippen LogP contribution in [0.3, 0.4) is 0 Å². The third-order valence-corrected chi connectivity index (χ3v) is 7.21. The summed E-state index contributed by atoms with van der Waals surface area (Å²) in [7, 11) is 6.35. The topological polar surface area (TPSA) is 104 Å². The van der Waals surface area contributed by atoms with Gasteiger partial charge < -0.3 is 28.7 Å². The Bertz CT molecular complexity index is 1330. The minimum Gasteiger partial charge on any atom is -0.493 e. The van der Waals surface area contributed by atoms with E-state index in [1.165, 1.54) is 30.4 Å². The molecule has 0 atom stereocenters. The molecular weight excluding hydrogens is 514 g/mol. The molecule has 0 saturated heterocycles. The predicted molar refractivity (Wildman–Crippen MR) is 152 cm³/mol. The molecular formula is C30H35N3O7. The lowest BCUT2D eigenvalue weighted by Gasteiger charge is -2.26. The van der Waals surface area contributed by atoms with Gasteiger partial charge >= 0.3 is 0 Å². The first-order chi connectivity index (χ1) is 19.4. The molecule has 0 fully saturated rings. The highest BCUT2D eigenvalue weighted by atomic mass is 16.6. The SMILES string of the molecule is COc1ccc(N(CCCN2CCc3cc(OC)c(OC)cc3CC2)C(=O)c2ccccc2[N+](=O)[O-])cc1OC. The second kappa shape index (κ2) is 13.2. The highest BCUT2D eigenvalue weighted by Gasteiger charge is 2.26. The van der Waals surface area contributed by atoms with E-state index < -0.39 is 10.8 Å². The standard InChI is InChI=1S/C30H35N3O7/c1-37-26-11-10-23(20-29(26)40-4)32(30(34)24-8-5-6-9-25(24)33(35)36)15-7-14-31-16-12-21-18-27(38-2)28(39-3)19-22(21)13-17-31/h5-6,8-11,18-20H,7,12-17H2,1-4H3. The summed E-state index contributed by atoms with van der Waals surface area (Å²) in [6.45, 7) is 2.87. The maximum atomic E-state index is 13.7. The lowest BCUT2D eigenvalue weighted by Crippen LogP contribution is -2.35. The zero-order valence-electron chi connectivity index (χ0n) is 23.3. The van der Waals surface area contributed by atoms with Gasteiger partial charge in [0.25, 0.3) is 11.6 Å². The Morgan fingerprint density at radius 1 is 0.850 bits per heavy atom. The minimum atomic E-state index is -0.529. The second-order valence-corrected chi connectivity index (χ2v) is 9.44. The Balaban J connectivity index is 1.52. The first kappa shape index (κ1) is 28.7. The molecule has 1 amide bonds. The molecule has 40 heavy (non-hydrogen) atoms. The van der Waals surface area contributed by atoms with Gasteiger partial charge in [0.2, 0.25) is 0 Å². The number of benzene rings is 3. The molecule has 0 aliphatic carbocycles. The molecule has 1 aliphatic heterocycles. The summed E-state index contributed by atoms with van der Waals surface area (Å²) in [6.07, 6.45) is 2.43. The summed E-state index contributed by atoms with van der Waals surface area (Å²) < 4.78 is 21.8. The van der Waals surface area contributed by atoms with Gasteiger partial charge in [0.05, 0.1) is 33.4 Å². The average Bonchev–Trinajstić information content (AvgIpc) is 3.19. The van der Waals surface area contributed by atoms with Crippen molar-refractivity contribution in [3.8, 4) is 23.0 Å². The van der Waals surface area contributed by atoms with Gasteiger partial charge in [0.15, 0.2) is 23.0 Å². The van der Waals surface area contributed by atoms with Crippen molar-refractivity contribution in [1.82, 2.24) is 4.90 Å². The molecule has 0 saturated carbocycles. The van der Waals surface area contributed by atoms with Crippen molar-refractivity contribution in [3.05, 3.63) is 81.4 Å². The molecule has 0 N–H and O–H groups in total. The summed E-state index contributed by atoms with van der Waals surface area (Å²) in [5, 5.41) is 11.7. The number of fused-ring (bicyclic) bond motifs is 1. The lowest BCUT2D eigenvalue weighted by molar-refractivity contribution is -0.385. The van der Waals surface area contributed by atoms with Crippen LogP contribution in [0.4, 0.5) is 11.4 Å². The van der Waals surface area contributed by atoms with E-state index in [0.717, 1.165) is 44.0 Å². The van der Waals surface area contributed by atoms with Gasteiger partial charge in [0, 0.05) is 37.5 Å². The summed E-state index contributed by atoms with van der Waals surface area (Å²) in [4.78, 5) is 28.8. The number of carbonyl (C=O) groups is 1. The molecule has 10 nitrogen and oxygen atoms in total. The monoisotopic (exact) mass is 549 g/mol. The lowest BCUT2D eigenvalue weighted by atomic mass is 10.0. The Kier molecular flexibility index (Phi) is 9.44. The molecule has 0 unspecified atom stereocenters. The van der Waals surface area contributed by atoms with Crippen LogP contribution in [0.25, 0.3) is 0 Å². The van der Waals surface area contributed by atoms with Crippen LogP contribution >= 0.6 is 0 Å². The summed E-state index contributed by atoms with van der Waals surface area (Å²) in [5.74, 6) is 2.02. The second-order valence-electron chi connectivity index (χ2n) is 9.44. The van der Waals surface area contributed by atoms with Crippen LogP contribution in [-0.4, -0.2) is 70.3 Å². The fourth-order valence-corrected chi connectivity index (χ4v) is 5.07. The van der Waals surface area contributed by atoms with Crippen molar-refractivity contribution in [2.24, 2.45) is 0 Å². The van der Waals surface area contributed by atoms with E-state index in [0.29, 0.717) is 30.2 Å². The van der Waals surface area contributed by atoms with Gasteiger partial charge in [-0.3, -0.25) is 14.9 Å². The van der Waals surface area contributed by atoms with Gasteiger partial charge in [-0.1, -0.05) is 12.1 Å². The van der Waals surface area contributed by atoms with Crippen LogP contribution in [0, 0.1) is 10.1 Å². The van der Waals surface area contributed by atoms with Gasteiger partial charge in [-0.05, 0) is 67.3 Å². The first-order valence-corrected chi connectivity index (χ1v) is 13.1. The highest BCUT2D eigenvalue weighted by Crippen LogP contribution is 2.34. The number of carbonyl (C=O) groups excluding carboxylic acids is 1. The van der Waals surface area contributed by atoms with Crippen LogP contribution in [0.1, 0.15) is 27.9 Å². The Morgan fingerprint density at radius 2 is 1.43 bits per heavy atom. The van der Waals surface area contributed by atoms with E-state index in [1.807, 2.05) is 0 Å². The summed E-state index contributed by atoms with van der Waals surface area (Å²) in [6, 6.07) is 15.3. The molecule has 0 radical (unpaired) electrons. The number of nitro benzene ring substituents is 1. The number of nitro groups is 1. The van der Waals surface area contributed by atoms with Crippen LogP contribution in [-0.2, 0) is 12.8 Å². The van der Waals surface area contributed by atoms with Crippen molar-refractivity contribution >= 4 is 17.3 Å². The van der Waals surface area contributed by atoms with Crippen molar-refractivity contribution in [2.75, 3.05) is 59.5 Å². The molecule has 212 valence electrons. The van der Waals surface area contributed by atoms with Gasteiger partial charge in [0.1, 0.15) is 5.56 Å². The van der Waals surface area contributed by atoms with Crippen LogP contribution < -0.4 is 23.8 Å². The van der Waals surface area contributed by atoms with Crippen LogP contribution in [0.5, 0.6) is 23.0 Å². The number of rotatable bonds is 11. The quantitative estimate of drug-likeness (QED) is 0.249. The fourth-order valence-electron chi connectivity index (χ4n) is 5.07. The van der Waals surface area contributed by atoms with E-state index in [-0.39, 0.29) is 11.3 Å². The molecule has 1 aliphatic rings. The molecule has 1 heterocycles. The smallest absolute Gasteiger partial charge is 0.282 e. The van der Waals surface area contributed by atoms with E-state index in [9.17, 15) is 14.9 Å². The number of amides is 1.